The van der Waals surface area contributed by atoms with E-state index in [-0.39, 0.29) is 12.5 Å². The number of amides is 1. The van der Waals surface area contributed by atoms with Crippen molar-refractivity contribution in [2.75, 3.05) is 11.9 Å². The van der Waals surface area contributed by atoms with Gasteiger partial charge in [0, 0.05) is 23.6 Å². The maximum Gasteiger partial charge on any atom is 0.257 e. The Labute approximate surface area is 128 Å². The van der Waals surface area contributed by atoms with Crippen LogP contribution in [-0.2, 0) is 0 Å². The Hall–Kier alpha value is -2.35. The van der Waals surface area contributed by atoms with Crippen molar-refractivity contribution >= 4 is 23.2 Å². The molecule has 0 aliphatic rings. The Balaban J connectivity index is 2.21. The zero-order valence-corrected chi connectivity index (χ0v) is 12.2. The van der Waals surface area contributed by atoms with Crippen LogP contribution in [0.15, 0.2) is 36.7 Å². The number of carbonyl (C=O) groups is 1. The zero-order chi connectivity index (χ0) is 15.2. The second-order valence-corrected chi connectivity index (χ2v) is 4.81. The first-order valence-electron chi connectivity index (χ1n) is 6.31. The minimum atomic E-state index is -0.230. The van der Waals surface area contributed by atoms with Crippen LogP contribution >= 0.6 is 11.6 Å². The number of nitrogens with one attached hydrogen (secondary N) is 1. The molecular formula is C16H14ClN3O. The molecule has 0 aliphatic heterocycles. The number of rotatable bonds is 2. The SMILES string of the molecule is Cc1cncc(C(=O)Nc2ccc(Cl)c(C#CCN)c2)c1. The Morgan fingerprint density at radius 3 is 2.90 bits per heavy atom. The second-order valence-electron chi connectivity index (χ2n) is 4.41. The van der Waals surface area contributed by atoms with Gasteiger partial charge in [-0.2, -0.15) is 0 Å². The predicted molar refractivity (Wildman–Crippen MR) is 84.3 cm³/mol. The van der Waals surface area contributed by atoms with Crippen LogP contribution in [-0.4, -0.2) is 17.4 Å². The Morgan fingerprint density at radius 2 is 2.19 bits per heavy atom. The molecule has 1 aromatic heterocycles. The predicted octanol–water partition coefficient (Wildman–Crippen LogP) is 2.61. The first-order valence-corrected chi connectivity index (χ1v) is 6.69. The molecule has 0 saturated carbocycles. The lowest BCUT2D eigenvalue weighted by Gasteiger charge is -2.07. The normalized spacial score (nSPS) is 9.67. The second kappa shape index (κ2) is 6.89. The molecule has 5 heteroatoms. The highest BCUT2D eigenvalue weighted by atomic mass is 35.5. The summed E-state index contributed by atoms with van der Waals surface area (Å²) in [6.45, 7) is 2.13. The third-order valence-corrected chi connectivity index (χ3v) is 3.02. The summed E-state index contributed by atoms with van der Waals surface area (Å²) in [6.07, 6.45) is 3.22. The van der Waals surface area contributed by atoms with Crippen LogP contribution < -0.4 is 11.1 Å². The number of hydrogen-bond acceptors (Lipinski definition) is 3. The van der Waals surface area contributed by atoms with E-state index in [0.717, 1.165) is 5.56 Å². The lowest BCUT2D eigenvalue weighted by Crippen LogP contribution is -2.12. The van der Waals surface area contributed by atoms with Gasteiger partial charge in [-0.15, -0.1) is 0 Å². The van der Waals surface area contributed by atoms with Crippen LogP contribution in [0, 0.1) is 18.8 Å². The number of pyridine rings is 1. The van der Waals surface area contributed by atoms with Gasteiger partial charge < -0.3 is 11.1 Å². The number of anilines is 1. The number of nitrogens with zero attached hydrogens (tertiary/aromatic N) is 1. The van der Waals surface area contributed by atoms with Crippen LogP contribution in [0.5, 0.6) is 0 Å². The van der Waals surface area contributed by atoms with E-state index in [1.807, 2.05) is 6.92 Å². The molecule has 3 N–H and O–H groups in total. The monoisotopic (exact) mass is 299 g/mol. The van der Waals surface area contributed by atoms with Gasteiger partial charge in [0.05, 0.1) is 17.1 Å². The molecule has 2 rings (SSSR count). The van der Waals surface area contributed by atoms with Gasteiger partial charge in [0.2, 0.25) is 0 Å². The molecule has 1 heterocycles. The van der Waals surface area contributed by atoms with E-state index in [4.69, 9.17) is 17.3 Å². The van der Waals surface area contributed by atoms with E-state index in [1.54, 1.807) is 30.5 Å². The molecule has 0 spiro atoms. The van der Waals surface area contributed by atoms with Crippen molar-refractivity contribution in [3.63, 3.8) is 0 Å². The quantitative estimate of drug-likeness (QED) is 0.838. The molecule has 21 heavy (non-hydrogen) atoms. The lowest BCUT2D eigenvalue weighted by atomic mass is 10.1. The first-order chi connectivity index (χ1) is 10.1. The van der Waals surface area contributed by atoms with Gasteiger partial charge in [0.1, 0.15) is 0 Å². The van der Waals surface area contributed by atoms with Crippen molar-refractivity contribution in [3.05, 3.63) is 58.4 Å². The topological polar surface area (TPSA) is 68.0 Å². The van der Waals surface area contributed by atoms with Crippen LogP contribution in [0.25, 0.3) is 0 Å². The maximum absolute atomic E-state index is 12.1. The van der Waals surface area contributed by atoms with E-state index in [9.17, 15) is 4.79 Å². The molecule has 0 bridgehead atoms. The van der Waals surface area contributed by atoms with Gasteiger partial charge in [0.25, 0.3) is 5.91 Å². The van der Waals surface area contributed by atoms with Crippen molar-refractivity contribution in [2.24, 2.45) is 5.73 Å². The highest BCUT2D eigenvalue weighted by Gasteiger charge is 2.08. The summed E-state index contributed by atoms with van der Waals surface area (Å²) in [5, 5.41) is 3.31. The van der Waals surface area contributed by atoms with Gasteiger partial charge >= 0.3 is 0 Å². The molecule has 0 saturated heterocycles. The Kier molecular flexibility index (Phi) is 4.94. The largest absolute Gasteiger partial charge is 0.322 e. The lowest BCUT2D eigenvalue weighted by molar-refractivity contribution is 0.102. The summed E-state index contributed by atoms with van der Waals surface area (Å²) in [6, 6.07) is 6.89. The van der Waals surface area contributed by atoms with Crippen LogP contribution in [0.4, 0.5) is 5.69 Å². The van der Waals surface area contributed by atoms with Crippen LogP contribution in [0.2, 0.25) is 5.02 Å². The fraction of sp³-hybridized carbons (Fsp3) is 0.125. The fourth-order valence-electron chi connectivity index (χ4n) is 1.73. The molecule has 0 aliphatic carbocycles. The summed E-state index contributed by atoms with van der Waals surface area (Å²) < 4.78 is 0. The average Bonchev–Trinajstić information content (AvgIpc) is 2.47. The van der Waals surface area contributed by atoms with Gasteiger partial charge in [-0.25, -0.2) is 0 Å². The van der Waals surface area contributed by atoms with Crippen molar-refractivity contribution in [3.8, 4) is 11.8 Å². The van der Waals surface area contributed by atoms with Gasteiger partial charge in [0.15, 0.2) is 0 Å². The number of hydrogen-bond donors (Lipinski definition) is 2. The van der Waals surface area contributed by atoms with E-state index in [0.29, 0.717) is 21.8 Å². The summed E-state index contributed by atoms with van der Waals surface area (Å²) in [5.41, 5.74) is 8.01. The Bertz CT molecular complexity index is 732. The van der Waals surface area contributed by atoms with E-state index in [2.05, 4.69) is 22.1 Å². The molecule has 106 valence electrons. The van der Waals surface area contributed by atoms with Crippen molar-refractivity contribution in [1.82, 2.24) is 4.98 Å². The van der Waals surface area contributed by atoms with Gasteiger partial charge in [-0.05, 0) is 36.8 Å². The number of aromatic nitrogens is 1. The highest BCUT2D eigenvalue weighted by Crippen LogP contribution is 2.20. The summed E-state index contributed by atoms with van der Waals surface area (Å²) >= 11 is 6.04. The minimum absolute atomic E-state index is 0.230. The van der Waals surface area contributed by atoms with Crippen molar-refractivity contribution in [2.45, 2.75) is 6.92 Å². The van der Waals surface area contributed by atoms with E-state index < -0.39 is 0 Å². The standard InChI is InChI=1S/C16H14ClN3O/c1-11-7-13(10-19-9-11)16(21)20-14-4-5-15(17)12(8-14)3-2-6-18/h4-5,7-10H,6,18H2,1H3,(H,20,21). The molecule has 1 amide bonds. The zero-order valence-electron chi connectivity index (χ0n) is 11.5. The number of aryl methyl sites for hydroxylation is 1. The fourth-order valence-corrected chi connectivity index (χ4v) is 1.89. The number of benzene rings is 1. The third-order valence-electron chi connectivity index (χ3n) is 2.69. The summed E-state index contributed by atoms with van der Waals surface area (Å²) in [5.74, 6) is 5.37. The molecule has 2 aromatic rings. The molecule has 4 nitrogen and oxygen atoms in total. The molecule has 0 fully saturated rings. The molecule has 0 radical (unpaired) electrons. The Morgan fingerprint density at radius 1 is 1.38 bits per heavy atom. The van der Waals surface area contributed by atoms with Gasteiger partial charge in [-0.3, -0.25) is 9.78 Å². The summed E-state index contributed by atoms with van der Waals surface area (Å²) in [7, 11) is 0. The number of nitrogens with two attached hydrogens (primary N) is 1. The van der Waals surface area contributed by atoms with Crippen LogP contribution in [0.1, 0.15) is 21.5 Å². The number of halogens is 1. The number of carbonyl (C=O) groups excluding carboxylic acids is 1. The highest BCUT2D eigenvalue weighted by molar-refractivity contribution is 6.31. The smallest absolute Gasteiger partial charge is 0.257 e. The molecule has 0 atom stereocenters. The maximum atomic E-state index is 12.1. The van der Waals surface area contributed by atoms with E-state index in [1.165, 1.54) is 6.20 Å². The van der Waals surface area contributed by atoms with Crippen molar-refractivity contribution in [1.29, 1.82) is 0 Å². The minimum Gasteiger partial charge on any atom is -0.322 e. The van der Waals surface area contributed by atoms with Crippen molar-refractivity contribution < 1.29 is 4.79 Å². The molecule has 0 unspecified atom stereocenters. The third kappa shape index (κ3) is 4.06. The summed E-state index contributed by atoms with van der Waals surface area (Å²) in [4.78, 5) is 16.1. The van der Waals surface area contributed by atoms with E-state index >= 15 is 0 Å². The average molecular weight is 300 g/mol. The van der Waals surface area contributed by atoms with Gasteiger partial charge in [-0.1, -0.05) is 23.4 Å². The first kappa shape index (κ1) is 15.0. The molecular weight excluding hydrogens is 286 g/mol. The molecule has 1 aromatic carbocycles. The van der Waals surface area contributed by atoms with Crippen LogP contribution in [0.3, 0.4) is 0 Å².